The summed E-state index contributed by atoms with van der Waals surface area (Å²) in [5, 5.41) is 3.02. The molecule has 92 valence electrons. The van der Waals surface area contributed by atoms with Crippen LogP contribution in [0, 0.1) is 15.4 Å². The largest absolute Gasteiger partial charge is 0.352 e. The molecular formula is C13H15BrINO. The summed E-state index contributed by atoms with van der Waals surface area (Å²) in [6.45, 7) is 2.99. The Labute approximate surface area is 124 Å². The fraction of sp³-hybridized carbons (Fsp3) is 0.462. The summed E-state index contributed by atoms with van der Waals surface area (Å²) >= 11 is 5.63. The Bertz CT molecular complexity index is 431. The first-order valence-corrected chi connectivity index (χ1v) is 7.68. The molecule has 2 nitrogen and oxygen atoms in total. The van der Waals surface area contributed by atoms with Crippen LogP contribution in [-0.4, -0.2) is 12.5 Å². The highest BCUT2D eigenvalue weighted by molar-refractivity contribution is 14.1. The second kappa shape index (κ2) is 5.69. The van der Waals surface area contributed by atoms with Gasteiger partial charge in [0.15, 0.2) is 0 Å². The lowest BCUT2D eigenvalue weighted by molar-refractivity contribution is 0.0946. The molecule has 0 saturated heterocycles. The second-order valence-electron chi connectivity index (χ2n) is 4.65. The predicted octanol–water partition coefficient (Wildman–Crippen LogP) is 3.83. The van der Waals surface area contributed by atoms with Gasteiger partial charge in [-0.05, 0) is 81.4 Å². The number of rotatable bonds is 4. The maximum atomic E-state index is 12.0. The molecular weight excluding hydrogens is 393 g/mol. The lowest BCUT2D eigenvalue weighted by atomic mass is 10.1. The van der Waals surface area contributed by atoms with Gasteiger partial charge in [0, 0.05) is 14.6 Å². The van der Waals surface area contributed by atoms with Crippen LogP contribution >= 0.6 is 38.5 Å². The standard InChI is InChI=1S/C13H15BrINO/c1-8(9-2-3-9)7-16-13(17)11-6-10(15)4-5-12(11)14/h4-6,8-9H,2-3,7H2,1H3,(H,16,17). The van der Waals surface area contributed by atoms with Crippen molar-refractivity contribution < 1.29 is 4.79 Å². The molecule has 0 heterocycles. The normalized spacial score (nSPS) is 16.6. The predicted molar refractivity (Wildman–Crippen MR) is 81.1 cm³/mol. The number of hydrogen-bond acceptors (Lipinski definition) is 1. The molecule has 1 amide bonds. The first-order chi connectivity index (χ1) is 8.08. The lowest BCUT2D eigenvalue weighted by Crippen LogP contribution is -2.29. The molecule has 4 heteroatoms. The fourth-order valence-corrected chi connectivity index (χ4v) is 2.77. The molecule has 1 N–H and O–H groups in total. The average molecular weight is 408 g/mol. The maximum absolute atomic E-state index is 12.0. The van der Waals surface area contributed by atoms with Crippen molar-refractivity contribution in [2.75, 3.05) is 6.54 Å². The zero-order valence-corrected chi connectivity index (χ0v) is 13.4. The number of amides is 1. The topological polar surface area (TPSA) is 29.1 Å². The minimum atomic E-state index is 0.0166. The van der Waals surface area contributed by atoms with Crippen molar-refractivity contribution in [1.29, 1.82) is 0 Å². The van der Waals surface area contributed by atoms with Crippen LogP contribution in [-0.2, 0) is 0 Å². The maximum Gasteiger partial charge on any atom is 0.252 e. The summed E-state index contributed by atoms with van der Waals surface area (Å²) in [7, 11) is 0. The lowest BCUT2D eigenvalue weighted by Gasteiger charge is -2.12. The minimum absolute atomic E-state index is 0.0166. The molecule has 1 aromatic carbocycles. The molecule has 1 atom stereocenters. The zero-order chi connectivity index (χ0) is 12.4. The van der Waals surface area contributed by atoms with E-state index in [1.54, 1.807) is 0 Å². The molecule has 0 radical (unpaired) electrons. The molecule has 2 rings (SSSR count). The number of carbonyl (C=O) groups is 1. The summed E-state index contributed by atoms with van der Waals surface area (Å²) in [6.07, 6.45) is 2.65. The summed E-state index contributed by atoms with van der Waals surface area (Å²) < 4.78 is 1.93. The van der Waals surface area contributed by atoms with Gasteiger partial charge in [0.05, 0.1) is 5.56 Å². The van der Waals surface area contributed by atoms with Gasteiger partial charge in [-0.15, -0.1) is 0 Å². The second-order valence-corrected chi connectivity index (χ2v) is 6.75. The number of nitrogens with one attached hydrogen (secondary N) is 1. The van der Waals surface area contributed by atoms with Crippen LogP contribution < -0.4 is 5.32 Å². The third-order valence-electron chi connectivity index (χ3n) is 3.18. The molecule has 0 aromatic heterocycles. The third kappa shape index (κ3) is 3.68. The highest BCUT2D eigenvalue weighted by Gasteiger charge is 2.28. The van der Waals surface area contributed by atoms with E-state index in [9.17, 15) is 4.79 Å². The monoisotopic (exact) mass is 407 g/mol. The zero-order valence-electron chi connectivity index (χ0n) is 9.67. The summed E-state index contributed by atoms with van der Waals surface area (Å²) in [5.74, 6) is 1.44. The van der Waals surface area contributed by atoms with E-state index in [2.05, 4.69) is 50.8 Å². The first-order valence-electron chi connectivity index (χ1n) is 5.81. The van der Waals surface area contributed by atoms with Crippen molar-refractivity contribution in [2.45, 2.75) is 19.8 Å². The Morgan fingerprint density at radius 1 is 1.59 bits per heavy atom. The van der Waals surface area contributed by atoms with Gasteiger partial charge in [-0.1, -0.05) is 6.92 Å². The molecule has 1 saturated carbocycles. The van der Waals surface area contributed by atoms with Crippen LogP contribution in [0.3, 0.4) is 0 Å². The summed E-state index contributed by atoms with van der Waals surface area (Å²) in [6, 6.07) is 5.80. The number of halogens is 2. The number of hydrogen-bond donors (Lipinski definition) is 1. The van der Waals surface area contributed by atoms with Crippen molar-refractivity contribution in [1.82, 2.24) is 5.32 Å². The van der Waals surface area contributed by atoms with Crippen molar-refractivity contribution in [3.8, 4) is 0 Å². The molecule has 17 heavy (non-hydrogen) atoms. The molecule has 1 unspecified atom stereocenters. The summed E-state index contributed by atoms with van der Waals surface area (Å²) in [5.41, 5.74) is 0.722. The van der Waals surface area contributed by atoms with Gasteiger partial charge in [0.1, 0.15) is 0 Å². The van der Waals surface area contributed by atoms with Crippen LogP contribution in [0.1, 0.15) is 30.1 Å². The smallest absolute Gasteiger partial charge is 0.252 e. The Morgan fingerprint density at radius 2 is 2.29 bits per heavy atom. The van der Waals surface area contributed by atoms with Gasteiger partial charge < -0.3 is 5.32 Å². The highest BCUT2D eigenvalue weighted by Crippen LogP contribution is 2.36. The van der Waals surface area contributed by atoms with Crippen molar-refractivity contribution in [3.05, 3.63) is 31.8 Å². The van der Waals surface area contributed by atoms with Crippen LogP contribution in [0.25, 0.3) is 0 Å². The average Bonchev–Trinajstić information content (AvgIpc) is 3.12. The van der Waals surface area contributed by atoms with E-state index in [4.69, 9.17) is 0 Å². The first kappa shape index (κ1) is 13.3. The minimum Gasteiger partial charge on any atom is -0.352 e. The Kier molecular flexibility index (Phi) is 4.47. The van der Waals surface area contributed by atoms with Crippen LogP contribution in [0.5, 0.6) is 0 Å². The van der Waals surface area contributed by atoms with E-state index >= 15 is 0 Å². The summed E-state index contributed by atoms with van der Waals surface area (Å²) in [4.78, 5) is 12.0. The Morgan fingerprint density at radius 3 is 2.94 bits per heavy atom. The van der Waals surface area contributed by atoms with Crippen LogP contribution in [0.15, 0.2) is 22.7 Å². The quantitative estimate of drug-likeness (QED) is 0.755. The molecule has 1 aliphatic carbocycles. The van der Waals surface area contributed by atoms with Crippen molar-refractivity contribution >= 4 is 44.4 Å². The molecule has 0 spiro atoms. The van der Waals surface area contributed by atoms with Gasteiger partial charge in [0.25, 0.3) is 5.91 Å². The van der Waals surface area contributed by atoms with Gasteiger partial charge >= 0.3 is 0 Å². The van der Waals surface area contributed by atoms with E-state index < -0.39 is 0 Å². The van der Waals surface area contributed by atoms with Gasteiger partial charge in [-0.2, -0.15) is 0 Å². The van der Waals surface area contributed by atoms with Crippen LogP contribution in [0.4, 0.5) is 0 Å². The van der Waals surface area contributed by atoms with Crippen molar-refractivity contribution in [3.63, 3.8) is 0 Å². The van der Waals surface area contributed by atoms with Crippen molar-refractivity contribution in [2.24, 2.45) is 11.8 Å². The molecule has 1 aliphatic rings. The van der Waals surface area contributed by atoms with Gasteiger partial charge in [-0.3, -0.25) is 4.79 Å². The number of carbonyl (C=O) groups excluding carboxylic acids is 1. The molecule has 0 aliphatic heterocycles. The molecule has 1 fully saturated rings. The van der Waals surface area contributed by atoms with E-state index in [1.807, 2.05) is 18.2 Å². The highest BCUT2D eigenvalue weighted by atomic mass is 127. The van der Waals surface area contributed by atoms with E-state index in [0.717, 1.165) is 26.1 Å². The fourth-order valence-electron chi connectivity index (χ4n) is 1.85. The van der Waals surface area contributed by atoms with Gasteiger partial charge in [0.2, 0.25) is 0 Å². The SMILES string of the molecule is CC(CNC(=O)c1cc(I)ccc1Br)C1CC1. The molecule has 0 bridgehead atoms. The van der Waals surface area contributed by atoms with E-state index in [-0.39, 0.29) is 5.91 Å². The van der Waals surface area contributed by atoms with E-state index in [1.165, 1.54) is 12.8 Å². The Balaban J connectivity index is 1.96. The third-order valence-corrected chi connectivity index (χ3v) is 4.55. The van der Waals surface area contributed by atoms with Gasteiger partial charge in [-0.25, -0.2) is 0 Å². The van der Waals surface area contributed by atoms with E-state index in [0.29, 0.717) is 5.92 Å². The molecule has 1 aromatic rings. The number of benzene rings is 1. The van der Waals surface area contributed by atoms with Crippen LogP contribution in [0.2, 0.25) is 0 Å². The Hall–Kier alpha value is -0.100.